The van der Waals surface area contributed by atoms with Crippen LogP contribution in [0.3, 0.4) is 0 Å². The minimum Gasteiger partial charge on any atom is -0.415 e. The summed E-state index contributed by atoms with van der Waals surface area (Å²) in [5, 5.41) is 1.78. The molecule has 0 radical (unpaired) electrons. The van der Waals surface area contributed by atoms with Gasteiger partial charge < -0.3 is 9.33 Å². The van der Waals surface area contributed by atoms with Crippen molar-refractivity contribution >= 4 is 14.3 Å². The van der Waals surface area contributed by atoms with Crippen LogP contribution in [0.1, 0.15) is 39.2 Å². The third-order valence-corrected chi connectivity index (χ3v) is 10.6. The average molecular weight is 377 g/mol. The van der Waals surface area contributed by atoms with Crippen LogP contribution < -0.4 is 0 Å². The lowest BCUT2D eigenvalue weighted by atomic mass is 10.0. The predicted molar refractivity (Wildman–Crippen MR) is 105 cm³/mol. The van der Waals surface area contributed by atoms with E-state index in [0.717, 1.165) is 24.9 Å². The molecule has 3 rings (SSSR count). The monoisotopic (exact) mass is 376 g/mol. The van der Waals surface area contributed by atoms with E-state index in [-0.39, 0.29) is 23.2 Å². The molecule has 2 aliphatic rings. The highest BCUT2D eigenvalue weighted by Crippen LogP contribution is 2.38. The number of nitrogens with zero attached hydrogens (tertiary/aromatic N) is 2. The molecule has 1 aromatic carbocycles. The molecule has 0 aromatic heterocycles. The molecule has 26 heavy (non-hydrogen) atoms. The molecule has 2 fully saturated rings. The third-order valence-electron chi connectivity index (χ3n) is 6.10. The van der Waals surface area contributed by atoms with Gasteiger partial charge in [-0.15, -0.1) is 0 Å². The van der Waals surface area contributed by atoms with Gasteiger partial charge in [-0.3, -0.25) is 4.84 Å². The summed E-state index contributed by atoms with van der Waals surface area (Å²) in [7, 11) is -1.80. The van der Waals surface area contributed by atoms with Crippen LogP contribution in [-0.2, 0) is 15.9 Å². The summed E-state index contributed by atoms with van der Waals surface area (Å²) >= 11 is 0. The van der Waals surface area contributed by atoms with Crippen LogP contribution in [0.25, 0.3) is 0 Å². The summed E-state index contributed by atoms with van der Waals surface area (Å²) in [5.41, 5.74) is 1.08. The molecule has 2 saturated heterocycles. The Balaban J connectivity index is 1.57. The Labute approximate surface area is 158 Å². The van der Waals surface area contributed by atoms with Gasteiger partial charge in [0.25, 0.3) is 0 Å². The lowest BCUT2D eigenvalue weighted by molar-refractivity contribution is -0.140. The van der Waals surface area contributed by atoms with Gasteiger partial charge in [0.2, 0.25) is 0 Å². The Morgan fingerprint density at radius 3 is 2.50 bits per heavy atom. The number of fused-ring (bicyclic) bond motifs is 2. The van der Waals surface area contributed by atoms with Gasteiger partial charge in [0.05, 0.1) is 18.7 Å². The van der Waals surface area contributed by atoms with E-state index < -0.39 is 8.32 Å². The van der Waals surface area contributed by atoms with Gasteiger partial charge in [-0.2, -0.15) is 5.06 Å². The molecule has 2 amide bonds. The maximum Gasteiger partial charge on any atom is 0.344 e. The smallest absolute Gasteiger partial charge is 0.344 e. The van der Waals surface area contributed by atoms with Crippen molar-refractivity contribution in [3.63, 3.8) is 0 Å². The highest BCUT2D eigenvalue weighted by atomic mass is 28.4. The number of urea groups is 1. The number of hydroxylamine groups is 2. The van der Waals surface area contributed by atoms with E-state index in [0.29, 0.717) is 13.2 Å². The first-order valence-corrected chi connectivity index (χ1v) is 12.5. The molecule has 0 saturated carbocycles. The van der Waals surface area contributed by atoms with Crippen LogP contribution in [-0.4, -0.2) is 49.5 Å². The summed E-state index contributed by atoms with van der Waals surface area (Å²) in [6, 6.07) is 10.3. The van der Waals surface area contributed by atoms with Crippen molar-refractivity contribution in [2.24, 2.45) is 0 Å². The Bertz CT molecular complexity index is 630. The van der Waals surface area contributed by atoms with Gasteiger partial charge >= 0.3 is 6.03 Å². The maximum atomic E-state index is 12.8. The molecule has 0 aliphatic carbocycles. The van der Waals surface area contributed by atoms with E-state index in [9.17, 15) is 4.79 Å². The van der Waals surface area contributed by atoms with E-state index in [1.54, 1.807) is 5.06 Å². The normalized spacial score (nSPS) is 23.7. The van der Waals surface area contributed by atoms with Crippen LogP contribution >= 0.6 is 0 Å². The van der Waals surface area contributed by atoms with Gasteiger partial charge in [-0.05, 0) is 36.5 Å². The van der Waals surface area contributed by atoms with E-state index in [4.69, 9.17) is 9.26 Å². The number of carbonyl (C=O) groups excluding carboxylic acids is 1. The molecular formula is C20H32N2O3Si. The quantitative estimate of drug-likeness (QED) is 0.691. The van der Waals surface area contributed by atoms with E-state index in [1.807, 2.05) is 35.2 Å². The van der Waals surface area contributed by atoms with Crippen LogP contribution in [0.5, 0.6) is 0 Å². The first-order chi connectivity index (χ1) is 12.2. The van der Waals surface area contributed by atoms with Crippen LogP contribution in [0.2, 0.25) is 18.1 Å². The van der Waals surface area contributed by atoms with Gasteiger partial charge in [-0.25, -0.2) is 4.79 Å². The topological polar surface area (TPSA) is 42.0 Å². The molecule has 1 unspecified atom stereocenters. The van der Waals surface area contributed by atoms with Crippen molar-refractivity contribution in [2.45, 2.75) is 70.4 Å². The van der Waals surface area contributed by atoms with Gasteiger partial charge in [0.15, 0.2) is 8.32 Å². The zero-order chi connectivity index (χ0) is 18.9. The largest absolute Gasteiger partial charge is 0.415 e. The summed E-state index contributed by atoms with van der Waals surface area (Å²) < 4.78 is 6.38. The van der Waals surface area contributed by atoms with E-state index in [2.05, 4.69) is 33.9 Å². The number of hydrogen-bond donors (Lipinski definition) is 0. The minimum absolute atomic E-state index is 0.00716. The fourth-order valence-electron chi connectivity index (χ4n) is 3.29. The molecule has 2 atom stereocenters. The zero-order valence-electron chi connectivity index (χ0n) is 16.7. The summed E-state index contributed by atoms with van der Waals surface area (Å²) in [5.74, 6) is 0. The van der Waals surface area contributed by atoms with Crippen LogP contribution in [0, 0.1) is 0 Å². The second-order valence-electron chi connectivity index (χ2n) is 8.98. The van der Waals surface area contributed by atoms with E-state index >= 15 is 0 Å². The van der Waals surface area contributed by atoms with Gasteiger partial charge in [-0.1, -0.05) is 51.1 Å². The zero-order valence-corrected chi connectivity index (χ0v) is 17.7. The number of piperidine rings is 1. The summed E-state index contributed by atoms with van der Waals surface area (Å²) in [6.07, 6.45) is 1.96. The molecule has 2 aliphatic heterocycles. The molecule has 5 nitrogen and oxygen atoms in total. The van der Waals surface area contributed by atoms with E-state index in [1.165, 1.54) is 0 Å². The van der Waals surface area contributed by atoms with Crippen LogP contribution in [0.15, 0.2) is 30.3 Å². The van der Waals surface area contributed by atoms with Gasteiger partial charge in [0, 0.05) is 6.54 Å². The molecule has 144 valence electrons. The number of amides is 2. The molecule has 2 heterocycles. The third kappa shape index (κ3) is 3.97. The van der Waals surface area contributed by atoms with Crippen molar-refractivity contribution < 1.29 is 14.1 Å². The second kappa shape index (κ2) is 7.33. The summed E-state index contributed by atoms with van der Waals surface area (Å²) in [4.78, 5) is 20.6. The summed E-state index contributed by atoms with van der Waals surface area (Å²) in [6.45, 7) is 13.1. The average Bonchev–Trinajstić information content (AvgIpc) is 2.84. The Hall–Kier alpha value is -1.37. The second-order valence-corrected chi connectivity index (χ2v) is 13.8. The van der Waals surface area contributed by atoms with Crippen molar-refractivity contribution in [3.05, 3.63) is 35.9 Å². The molecular weight excluding hydrogens is 344 g/mol. The number of rotatable bonds is 6. The predicted octanol–water partition coefficient (Wildman–Crippen LogP) is 4.41. The molecule has 0 N–H and O–H groups in total. The number of hydrogen-bond acceptors (Lipinski definition) is 3. The lowest BCUT2D eigenvalue weighted by Crippen LogP contribution is -2.48. The fourth-order valence-corrected chi connectivity index (χ4v) is 4.33. The van der Waals surface area contributed by atoms with Gasteiger partial charge in [0.1, 0.15) is 6.61 Å². The number of carbonyl (C=O) groups is 1. The Kier molecular flexibility index (Phi) is 5.47. The van der Waals surface area contributed by atoms with Crippen LogP contribution in [0.4, 0.5) is 4.79 Å². The first-order valence-electron chi connectivity index (χ1n) is 9.60. The Morgan fingerprint density at radius 2 is 1.85 bits per heavy atom. The molecule has 2 bridgehead atoms. The first kappa shape index (κ1) is 19.4. The molecule has 1 aromatic rings. The minimum atomic E-state index is -1.80. The molecule has 0 spiro atoms. The number of benzene rings is 1. The van der Waals surface area contributed by atoms with Crippen molar-refractivity contribution in [2.75, 3.05) is 13.2 Å². The maximum absolute atomic E-state index is 12.8. The van der Waals surface area contributed by atoms with Crippen molar-refractivity contribution in [1.29, 1.82) is 0 Å². The standard InChI is InChI=1S/C20H32N2O3Si/c1-20(2,3)26(4,5)25-15-18-12-11-17-13-21(18)19(23)22(17)24-14-16-9-7-6-8-10-16/h6-10,17-18H,11-15H2,1-5H3/t17?,18-/m0/s1. The Morgan fingerprint density at radius 1 is 1.15 bits per heavy atom. The SMILES string of the molecule is CC(C)(C)[Si](C)(C)OC[C@@H]1CCC2CN1C(=O)N2OCc1ccccc1. The lowest BCUT2D eigenvalue weighted by Gasteiger charge is -2.39. The highest BCUT2D eigenvalue weighted by molar-refractivity contribution is 6.74. The fraction of sp³-hybridized carbons (Fsp3) is 0.650. The van der Waals surface area contributed by atoms with Crippen molar-refractivity contribution in [3.8, 4) is 0 Å². The highest BCUT2D eigenvalue weighted by Gasteiger charge is 2.46. The molecule has 6 heteroatoms. The van der Waals surface area contributed by atoms with Crippen molar-refractivity contribution in [1.82, 2.24) is 9.96 Å².